The number of rotatable bonds is 9. The van der Waals surface area contributed by atoms with E-state index in [1.807, 2.05) is 74.5 Å². The second kappa shape index (κ2) is 11.3. The molecule has 0 unspecified atom stereocenters. The van der Waals surface area contributed by atoms with Crippen LogP contribution in [-0.4, -0.2) is 35.8 Å². The molecule has 0 saturated heterocycles. The number of esters is 2. The van der Waals surface area contributed by atoms with E-state index in [1.165, 1.54) is 13.8 Å². The van der Waals surface area contributed by atoms with Gasteiger partial charge in [0.25, 0.3) is 0 Å². The first-order chi connectivity index (χ1) is 14.7. The lowest BCUT2D eigenvalue weighted by atomic mass is 9.95. The van der Waals surface area contributed by atoms with Crippen molar-refractivity contribution in [1.82, 2.24) is 4.90 Å². The van der Waals surface area contributed by atoms with E-state index in [2.05, 4.69) is 0 Å². The summed E-state index contributed by atoms with van der Waals surface area (Å²) in [5.74, 6) is -1.33. The van der Waals surface area contributed by atoms with Gasteiger partial charge in [0.1, 0.15) is 12.2 Å². The van der Waals surface area contributed by atoms with E-state index < -0.39 is 30.1 Å². The minimum atomic E-state index is -0.585. The van der Waals surface area contributed by atoms with Crippen LogP contribution in [0, 0.1) is 5.92 Å². The second-order valence-electron chi connectivity index (χ2n) is 7.78. The number of amides is 1. The summed E-state index contributed by atoms with van der Waals surface area (Å²) >= 11 is 0. The lowest BCUT2D eigenvalue weighted by Gasteiger charge is -2.34. The zero-order valence-electron chi connectivity index (χ0n) is 18.8. The maximum Gasteiger partial charge on any atom is 0.303 e. The molecule has 0 radical (unpaired) electrons. The van der Waals surface area contributed by atoms with Crippen LogP contribution in [0.1, 0.15) is 57.5 Å². The molecule has 0 aliphatic carbocycles. The first kappa shape index (κ1) is 24.1. The van der Waals surface area contributed by atoms with E-state index in [4.69, 9.17) is 9.47 Å². The van der Waals surface area contributed by atoms with E-state index in [-0.39, 0.29) is 11.9 Å². The highest BCUT2D eigenvalue weighted by atomic mass is 16.5. The molecule has 1 amide bonds. The maximum atomic E-state index is 13.2. The summed E-state index contributed by atoms with van der Waals surface area (Å²) in [7, 11) is 1.70. The fraction of sp³-hybridized carbons (Fsp3) is 0.400. The molecule has 166 valence electrons. The number of carbonyl (C=O) groups excluding carboxylic acids is 3. The van der Waals surface area contributed by atoms with E-state index in [1.54, 1.807) is 11.9 Å². The Labute approximate surface area is 184 Å². The Bertz CT molecular complexity index is 868. The van der Waals surface area contributed by atoms with Crippen molar-refractivity contribution in [3.63, 3.8) is 0 Å². The molecule has 0 aliphatic heterocycles. The Kier molecular flexibility index (Phi) is 8.79. The van der Waals surface area contributed by atoms with Crippen molar-refractivity contribution >= 4 is 17.8 Å². The lowest BCUT2D eigenvalue weighted by Crippen LogP contribution is -2.43. The molecule has 0 aliphatic rings. The van der Waals surface area contributed by atoms with Gasteiger partial charge in [0.15, 0.2) is 0 Å². The third-order valence-electron chi connectivity index (χ3n) is 5.29. The number of ether oxygens (including phenoxy) is 2. The molecule has 2 rings (SSSR count). The monoisotopic (exact) mass is 425 g/mol. The van der Waals surface area contributed by atoms with E-state index in [0.717, 1.165) is 11.1 Å². The summed E-state index contributed by atoms with van der Waals surface area (Å²) in [5.41, 5.74) is 1.66. The van der Waals surface area contributed by atoms with Gasteiger partial charge in [0, 0.05) is 26.8 Å². The summed E-state index contributed by atoms with van der Waals surface area (Å²) in [6, 6.07) is 18.4. The summed E-state index contributed by atoms with van der Waals surface area (Å²) < 4.78 is 11.0. The third-order valence-corrected chi connectivity index (χ3v) is 5.29. The van der Waals surface area contributed by atoms with Gasteiger partial charge in [-0.2, -0.15) is 0 Å². The van der Waals surface area contributed by atoms with Crippen LogP contribution in [0.4, 0.5) is 0 Å². The van der Waals surface area contributed by atoms with Crippen molar-refractivity contribution in [3.8, 4) is 0 Å². The quantitative estimate of drug-likeness (QED) is 0.554. The van der Waals surface area contributed by atoms with Gasteiger partial charge in [-0.05, 0) is 24.5 Å². The summed E-state index contributed by atoms with van der Waals surface area (Å²) in [6.45, 7) is 6.39. The summed E-state index contributed by atoms with van der Waals surface area (Å²) in [6.07, 6.45) is -0.749. The maximum absolute atomic E-state index is 13.2. The predicted molar refractivity (Wildman–Crippen MR) is 118 cm³/mol. The second-order valence-corrected chi connectivity index (χ2v) is 7.78. The molecule has 2 aromatic rings. The van der Waals surface area contributed by atoms with Gasteiger partial charge in [-0.25, -0.2) is 0 Å². The number of benzene rings is 2. The van der Waals surface area contributed by atoms with Crippen LogP contribution in [0.5, 0.6) is 0 Å². The molecule has 0 fully saturated rings. The van der Waals surface area contributed by atoms with E-state index in [0.29, 0.717) is 6.42 Å². The van der Waals surface area contributed by atoms with Gasteiger partial charge in [-0.1, -0.05) is 67.6 Å². The summed E-state index contributed by atoms with van der Waals surface area (Å²) in [4.78, 5) is 38.1. The van der Waals surface area contributed by atoms with Crippen LogP contribution in [0.25, 0.3) is 0 Å². The molecule has 0 N–H and O–H groups in total. The molecule has 6 heteroatoms. The molecule has 2 aromatic carbocycles. The van der Waals surface area contributed by atoms with E-state index >= 15 is 0 Å². The average Bonchev–Trinajstić information content (AvgIpc) is 2.76. The Morgan fingerprint density at radius 1 is 0.806 bits per heavy atom. The SMILES string of the molecule is CC(=O)O[C@H](C[C@H](C)C(=O)N(C)[C@@H](C)[C@@H](OC(C)=O)c1ccccc1)c1ccccc1. The van der Waals surface area contributed by atoms with Crippen molar-refractivity contribution in [2.45, 2.75) is 52.4 Å². The van der Waals surface area contributed by atoms with Crippen molar-refractivity contribution in [3.05, 3.63) is 71.8 Å². The Hall–Kier alpha value is -3.15. The van der Waals surface area contributed by atoms with Crippen LogP contribution < -0.4 is 0 Å². The number of hydrogen-bond acceptors (Lipinski definition) is 5. The van der Waals surface area contributed by atoms with Crippen LogP contribution in [0.3, 0.4) is 0 Å². The van der Waals surface area contributed by atoms with Crippen LogP contribution in [0.15, 0.2) is 60.7 Å². The molecule has 6 nitrogen and oxygen atoms in total. The molecule has 0 bridgehead atoms. The molecular formula is C25H31NO5. The Morgan fingerprint density at radius 2 is 1.29 bits per heavy atom. The molecule has 31 heavy (non-hydrogen) atoms. The number of carbonyl (C=O) groups is 3. The van der Waals surface area contributed by atoms with Crippen molar-refractivity contribution in [2.24, 2.45) is 5.92 Å². The average molecular weight is 426 g/mol. The topological polar surface area (TPSA) is 72.9 Å². The summed E-state index contributed by atoms with van der Waals surface area (Å²) in [5, 5.41) is 0. The molecule has 4 atom stereocenters. The van der Waals surface area contributed by atoms with Gasteiger partial charge in [0.05, 0.1) is 6.04 Å². The Morgan fingerprint density at radius 3 is 1.77 bits per heavy atom. The molecular weight excluding hydrogens is 394 g/mol. The van der Waals surface area contributed by atoms with Crippen LogP contribution >= 0.6 is 0 Å². The standard InChI is InChI=1S/C25H31NO5/c1-17(16-23(30-19(3)27)21-12-8-6-9-13-21)25(29)26(5)18(2)24(31-20(4)28)22-14-10-7-11-15-22/h6-15,17-18,23-24H,16H2,1-5H3/t17-,18-,23+,24+/m0/s1. The molecule has 0 saturated carbocycles. The van der Waals surface area contributed by atoms with Gasteiger partial charge in [-0.15, -0.1) is 0 Å². The molecule has 0 aromatic heterocycles. The zero-order chi connectivity index (χ0) is 23.0. The first-order valence-corrected chi connectivity index (χ1v) is 10.4. The van der Waals surface area contributed by atoms with Crippen LogP contribution in [-0.2, 0) is 23.9 Å². The fourth-order valence-electron chi connectivity index (χ4n) is 3.56. The zero-order valence-corrected chi connectivity index (χ0v) is 18.8. The molecule has 0 spiro atoms. The van der Waals surface area contributed by atoms with E-state index in [9.17, 15) is 14.4 Å². The minimum Gasteiger partial charge on any atom is -0.458 e. The highest BCUT2D eigenvalue weighted by Gasteiger charge is 2.32. The van der Waals surface area contributed by atoms with Crippen molar-refractivity contribution in [2.75, 3.05) is 7.05 Å². The third kappa shape index (κ3) is 6.95. The van der Waals surface area contributed by atoms with Crippen molar-refractivity contribution in [1.29, 1.82) is 0 Å². The lowest BCUT2D eigenvalue weighted by molar-refractivity contribution is -0.155. The van der Waals surface area contributed by atoms with Gasteiger partial charge < -0.3 is 14.4 Å². The highest BCUT2D eigenvalue weighted by Crippen LogP contribution is 2.29. The highest BCUT2D eigenvalue weighted by molar-refractivity contribution is 5.79. The largest absolute Gasteiger partial charge is 0.458 e. The number of nitrogens with zero attached hydrogens (tertiary/aromatic N) is 1. The Balaban J connectivity index is 2.16. The predicted octanol–water partition coefficient (Wildman–Crippen LogP) is 4.47. The van der Waals surface area contributed by atoms with Crippen molar-refractivity contribution < 1.29 is 23.9 Å². The fourth-order valence-corrected chi connectivity index (χ4v) is 3.56. The van der Waals surface area contributed by atoms with Crippen LogP contribution in [0.2, 0.25) is 0 Å². The smallest absolute Gasteiger partial charge is 0.303 e. The first-order valence-electron chi connectivity index (χ1n) is 10.4. The van der Waals surface area contributed by atoms with Gasteiger partial charge >= 0.3 is 11.9 Å². The number of hydrogen-bond donors (Lipinski definition) is 0. The normalized spacial score (nSPS) is 14.6. The van der Waals surface area contributed by atoms with Gasteiger partial charge in [0.2, 0.25) is 5.91 Å². The minimum absolute atomic E-state index is 0.117. The number of likely N-dealkylation sites (N-methyl/N-ethyl adjacent to an activating group) is 1. The van der Waals surface area contributed by atoms with Gasteiger partial charge in [-0.3, -0.25) is 14.4 Å². The molecule has 0 heterocycles.